The van der Waals surface area contributed by atoms with E-state index in [0.29, 0.717) is 23.9 Å². The molecule has 1 unspecified atom stereocenters. The van der Waals surface area contributed by atoms with Crippen LogP contribution in [-0.4, -0.2) is 36.2 Å². The number of aromatic nitrogens is 1. The third kappa shape index (κ3) is 4.31. The van der Waals surface area contributed by atoms with Gasteiger partial charge in [-0.15, -0.1) is 11.3 Å². The first-order valence-electron chi connectivity index (χ1n) is 11.1. The summed E-state index contributed by atoms with van der Waals surface area (Å²) in [6.45, 7) is 4.56. The van der Waals surface area contributed by atoms with Gasteiger partial charge in [-0.3, -0.25) is 9.69 Å². The molecule has 4 aromatic rings. The Morgan fingerprint density at radius 3 is 2.82 bits per heavy atom. The van der Waals surface area contributed by atoms with E-state index >= 15 is 0 Å². The number of carbonyl (C=O) groups excluding carboxylic acids is 1. The van der Waals surface area contributed by atoms with Crippen molar-refractivity contribution in [2.24, 2.45) is 0 Å². The van der Waals surface area contributed by atoms with Crippen LogP contribution >= 0.6 is 22.7 Å². The lowest BCUT2D eigenvalue weighted by atomic mass is 10.0. The lowest BCUT2D eigenvalue weighted by Gasteiger charge is -2.35. The van der Waals surface area contributed by atoms with E-state index in [1.165, 1.54) is 27.0 Å². The Labute approximate surface area is 206 Å². The zero-order valence-corrected chi connectivity index (χ0v) is 21.4. The first-order chi connectivity index (χ1) is 16.3. The summed E-state index contributed by atoms with van der Waals surface area (Å²) in [6.07, 6.45) is 3.56. The van der Waals surface area contributed by atoms with Crippen LogP contribution in [0.3, 0.4) is 0 Å². The molecule has 1 fully saturated rings. The number of hydrogen-bond donors (Lipinski definition) is 0. The first kappa shape index (κ1) is 23.2. The smallest absolute Gasteiger partial charge is 0.253 e. The number of thiophene rings is 1. The molecule has 5 rings (SSSR count). The van der Waals surface area contributed by atoms with E-state index in [9.17, 15) is 13.2 Å². The van der Waals surface area contributed by atoms with Gasteiger partial charge in [-0.05, 0) is 67.5 Å². The van der Waals surface area contributed by atoms with E-state index in [1.54, 1.807) is 34.7 Å². The summed E-state index contributed by atoms with van der Waals surface area (Å²) in [5.41, 5.74) is 3.04. The maximum Gasteiger partial charge on any atom is 0.253 e. The predicted octanol–water partition coefficient (Wildman–Crippen LogP) is 5.34. The summed E-state index contributed by atoms with van der Waals surface area (Å²) in [5.74, 6) is 0.341. The van der Waals surface area contributed by atoms with Crippen LogP contribution in [0, 0.1) is 13.8 Å². The number of furan rings is 1. The Kier molecular flexibility index (Phi) is 6.32. The molecule has 10 heteroatoms. The fraction of sp³-hybridized carbons (Fsp3) is 0.333. The minimum Gasteiger partial charge on any atom is -0.467 e. The second-order valence-corrected chi connectivity index (χ2v) is 12.5. The van der Waals surface area contributed by atoms with Crippen molar-refractivity contribution in [1.82, 2.24) is 9.29 Å². The number of thiazole rings is 1. The van der Waals surface area contributed by atoms with Crippen LogP contribution in [0.5, 0.6) is 0 Å². The molecule has 1 amide bonds. The summed E-state index contributed by atoms with van der Waals surface area (Å²) in [4.78, 5) is 20.4. The summed E-state index contributed by atoms with van der Waals surface area (Å²) in [6, 6.07) is 10.2. The molecule has 3 aromatic heterocycles. The minimum absolute atomic E-state index is 0.188. The highest BCUT2D eigenvalue weighted by Crippen LogP contribution is 2.35. The van der Waals surface area contributed by atoms with Gasteiger partial charge < -0.3 is 4.42 Å². The molecule has 1 saturated heterocycles. The molecular formula is C24H25N3O4S3. The molecule has 0 bridgehead atoms. The van der Waals surface area contributed by atoms with Crippen molar-refractivity contribution in [2.75, 3.05) is 11.4 Å². The fourth-order valence-electron chi connectivity index (χ4n) is 4.42. The lowest BCUT2D eigenvalue weighted by Crippen LogP contribution is -2.52. The summed E-state index contributed by atoms with van der Waals surface area (Å²) >= 11 is 2.62. The molecule has 0 radical (unpaired) electrons. The number of amides is 1. The molecule has 1 aliphatic rings. The molecular weight excluding hydrogens is 490 g/mol. The van der Waals surface area contributed by atoms with E-state index in [-0.39, 0.29) is 16.7 Å². The van der Waals surface area contributed by atoms with Gasteiger partial charge in [0.25, 0.3) is 10.0 Å². The van der Waals surface area contributed by atoms with Crippen LogP contribution in [0.4, 0.5) is 5.13 Å². The van der Waals surface area contributed by atoms with Gasteiger partial charge in [0.1, 0.15) is 16.0 Å². The van der Waals surface area contributed by atoms with Crippen molar-refractivity contribution in [2.45, 2.75) is 49.9 Å². The van der Waals surface area contributed by atoms with Gasteiger partial charge in [0.15, 0.2) is 5.13 Å². The number of carbonyl (C=O) groups is 1. The summed E-state index contributed by atoms with van der Waals surface area (Å²) in [7, 11) is -3.76. The fourth-order valence-corrected chi connectivity index (χ4v) is 8.21. The number of piperidine rings is 1. The number of fused-ring (bicyclic) bond motifs is 1. The van der Waals surface area contributed by atoms with Crippen molar-refractivity contribution in [1.29, 1.82) is 0 Å². The molecule has 178 valence electrons. The Bertz CT molecular complexity index is 1410. The Balaban J connectivity index is 1.55. The second-order valence-electron chi connectivity index (χ2n) is 8.49. The Morgan fingerprint density at radius 2 is 2.09 bits per heavy atom. The van der Waals surface area contributed by atoms with E-state index < -0.39 is 16.1 Å². The zero-order chi connectivity index (χ0) is 23.9. The molecule has 1 atom stereocenters. The standard InChI is InChI=1S/C24H25N3O4S3/c1-16-13-17(2)22-19(14-16)25-24(33-22)26(15-18-7-5-11-31-18)23(28)20-8-3-4-10-27(20)34(29,30)21-9-6-12-32-21/h5-7,9,11-14,20H,3-4,8,10,15H2,1-2H3. The SMILES string of the molecule is Cc1cc(C)c2sc(N(Cc3ccco3)C(=O)C3CCCCN3S(=O)(=O)c3cccs3)nc2c1. The normalized spacial score (nSPS) is 17.3. The van der Waals surface area contributed by atoms with Gasteiger partial charge >= 0.3 is 0 Å². The van der Waals surface area contributed by atoms with Gasteiger partial charge in [-0.25, -0.2) is 13.4 Å². The van der Waals surface area contributed by atoms with Gasteiger partial charge in [-0.1, -0.05) is 29.9 Å². The third-order valence-electron chi connectivity index (χ3n) is 6.00. The molecule has 7 nitrogen and oxygen atoms in total. The third-order valence-corrected chi connectivity index (χ3v) is 10.5. The molecule has 0 N–H and O–H groups in total. The number of benzene rings is 1. The average Bonchev–Trinajstić information content (AvgIpc) is 3.59. The van der Waals surface area contributed by atoms with Gasteiger partial charge in [0.2, 0.25) is 5.91 Å². The Morgan fingerprint density at radius 1 is 1.24 bits per heavy atom. The number of aryl methyl sites for hydroxylation is 2. The molecule has 1 aliphatic heterocycles. The quantitative estimate of drug-likeness (QED) is 0.346. The van der Waals surface area contributed by atoms with Crippen LogP contribution in [0.2, 0.25) is 0 Å². The van der Waals surface area contributed by atoms with Gasteiger partial charge in [0, 0.05) is 6.54 Å². The molecule has 0 aliphatic carbocycles. The van der Waals surface area contributed by atoms with Crippen molar-refractivity contribution >= 4 is 54.0 Å². The van der Waals surface area contributed by atoms with Crippen LogP contribution in [0.1, 0.15) is 36.1 Å². The molecule has 0 spiro atoms. The summed E-state index contributed by atoms with van der Waals surface area (Å²) in [5, 5.41) is 2.28. The van der Waals surface area contributed by atoms with Gasteiger partial charge in [0.05, 0.1) is 23.0 Å². The van der Waals surface area contributed by atoms with Crippen LogP contribution in [-0.2, 0) is 21.4 Å². The number of anilines is 1. The van der Waals surface area contributed by atoms with Crippen molar-refractivity contribution < 1.29 is 17.6 Å². The topological polar surface area (TPSA) is 83.7 Å². The number of nitrogens with zero attached hydrogens (tertiary/aromatic N) is 3. The highest BCUT2D eigenvalue weighted by molar-refractivity contribution is 7.91. The molecule has 4 heterocycles. The molecule has 1 aromatic carbocycles. The highest BCUT2D eigenvalue weighted by atomic mass is 32.2. The largest absolute Gasteiger partial charge is 0.467 e. The minimum atomic E-state index is -3.76. The zero-order valence-electron chi connectivity index (χ0n) is 18.9. The molecule has 34 heavy (non-hydrogen) atoms. The average molecular weight is 516 g/mol. The predicted molar refractivity (Wildman–Crippen MR) is 135 cm³/mol. The van der Waals surface area contributed by atoms with Crippen molar-refractivity contribution in [3.8, 4) is 0 Å². The second kappa shape index (κ2) is 9.26. The van der Waals surface area contributed by atoms with E-state index in [0.717, 1.165) is 34.2 Å². The van der Waals surface area contributed by atoms with Crippen LogP contribution < -0.4 is 4.90 Å². The van der Waals surface area contributed by atoms with E-state index in [4.69, 9.17) is 9.40 Å². The maximum atomic E-state index is 14.0. The van der Waals surface area contributed by atoms with Crippen LogP contribution in [0.25, 0.3) is 10.2 Å². The summed E-state index contributed by atoms with van der Waals surface area (Å²) < 4.78 is 35.0. The molecule has 0 saturated carbocycles. The highest BCUT2D eigenvalue weighted by Gasteiger charge is 2.41. The van der Waals surface area contributed by atoms with Crippen molar-refractivity contribution in [3.63, 3.8) is 0 Å². The van der Waals surface area contributed by atoms with Crippen LogP contribution in [0.15, 0.2) is 56.7 Å². The van der Waals surface area contributed by atoms with E-state index in [1.807, 2.05) is 26.0 Å². The van der Waals surface area contributed by atoms with E-state index in [2.05, 4.69) is 6.07 Å². The first-order valence-corrected chi connectivity index (χ1v) is 14.2. The van der Waals surface area contributed by atoms with Crippen molar-refractivity contribution in [3.05, 3.63) is 64.9 Å². The number of rotatable bonds is 6. The lowest BCUT2D eigenvalue weighted by molar-refractivity contribution is -0.123. The monoisotopic (exact) mass is 515 g/mol. The Hall–Kier alpha value is -2.53. The maximum absolute atomic E-state index is 14.0. The number of hydrogen-bond acceptors (Lipinski definition) is 7. The number of sulfonamides is 1. The van der Waals surface area contributed by atoms with Gasteiger partial charge in [-0.2, -0.15) is 4.31 Å².